The Morgan fingerprint density at radius 3 is 2.87 bits per heavy atom. The van der Waals surface area contributed by atoms with Crippen molar-refractivity contribution in [3.05, 3.63) is 22.8 Å². The van der Waals surface area contributed by atoms with E-state index < -0.39 is 0 Å². The number of aromatic nitrogens is 1. The van der Waals surface area contributed by atoms with Gasteiger partial charge in [-0.25, -0.2) is 4.98 Å². The number of anilines is 1. The van der Waals surface area contributed by atoms with E-state index in [0.29, 0.717) is 6.04 Å². The summed E-state index contributed by atoms with van der Waals surface area (Å²) in [5, 5.41) is 3.57. The van der Waals surface area contributed by atoms with Crippen molar-refractivity contribution in [1.82, 2.24) is 4.98 Å². The lowest BCUT2D eigenvalue weighted by Gasteiger charge is -2.23. The number of nitrogens with zero attached hydrogens (tertiary/aromatic N) is 1. The van der Waals surface area contributed by atoms with Crippen LogP contribution in [0.2, 0.25) is 0 Å². The number of hydrogen-bond donors (Lipinski definition) is 1. The van der Waals surface area contributed by atoms with Crippen LogP contribution in [0.5, 0.6) is 0 Å². The minimum absolute atomic E-state index is 0.672. The van der Waals surface area contributed by atoms with Crippen LogP contribution in [0, 0.1) is 11.8 Å². The summed E-state index contributed by atoms with van der Waals surface area (Å²) in [6.07, 6.45) is 5.65. The lowest BCUT2D eigenvalue weighted by atomic mass is 9.95. The molecule has 2 fully saturated rings. The lowest BCUT2D eigenvalue weighted by Crippen LogP contribution is -2.26. The van der Waals surface area contributed by atoms with Crippen LogP contribution in [-0.2, 0) is 0 Å². The molecule has 3 atom stereocenters. The van der Waals surface area contributed by atoms with E-state index in [0.717, 1.165) is 22.3 Å². The maximum Gasteiger partial charge on any atom is 0.127 e. The van der Waals surface area contributed by atoms with Gasteiger partial charge in [-0.1, -0.05) is 12.5 Å². The van der Waals surface area contributed by atoms with Crippen LogP contribution >= 0.6 is 15.9 Å². The van der Waals surface area contributed by atoms with Gasteiger partial charge in [0, 0.05) is 6.04 Å². The molecular formula is C12H15BrN2. The Hall–Kier alpha value is -0.570. The van der Waals surface area contributed by atoms with Crippen molar-refractivity contribution in [3.63, 3.8) is 0 Å². The van der Waals surface area contributed by atoms with Crippen LogP contribution in [0.1, 0.15) is 25.7 Å². The summed E-state index contributed by atoms with van der Waals surface area (Å²) in [6.45, 7) is 0. The van der Waals surface area contributed by atoms with Gasteiger partial charge in [-0.2, -0.15) is 0 Å². The molecule has 0 aromatic carbocycles. The summed E-state index contributed by atoms with van der Waals surface area (Å²) in [7, 11) is 0. The van der Waals surface area contributed by atoms with E-state index in [1.54, 1.807) is 0 Å². The van der Waals surface area contributed by atoms with Crippen LogP contribution in [0.3, 0.4) is 0 Å². The topological polar surface area (TPSA) is 24.9 Å². The zero-order chi connectivity index (χ0) is 10.3. The van der Waals surface area contributed by atoms with E-state index in [2.05, 4.69) is 32.3 Å². The monoisotopic (exact) mass is 266 g/mol. The number of hydrogen-bond acceptors (Lipinski definition) is 2. The van der Waals surface area contributed by atoms with Crippen LogP contribution in [-0.4, -0.2) is 11.0 Å². The van der Waals surface area contributed by atoms with Crippen molar-refractivity contribution in [1.29, 1.82) is 0 Å². The van der Waals surface area contributed by atoms with Gasteiger partial charge in [0.1, 0.15) is 10.4 Å². The first-order valence-corrected chi connectivity index (χ1v) is 6.49. The van der Waals surface area contributed by atoms with E-state index in [1.165, 1.54) is 25.7 Å². The van der Waals surface area contributed by atoms with Crippen molar-refractivity contribution in [2.45, 2.75) is 31.7 Å². The summed E-state index contributed by atoms with van der Waals surface area (Å²) in [5.74, 6) is 2.90. The Morgan fingerprint density at radius 1 is 1.27 bits per heavy atom. The zero-order valence-electron chi connectivity index (χ0n) is 8.62. The van der Waals surface area contributed by atoms with Crippen molar-refractivity contribution < 1.29 is 0 Å². The van der Waals surface area contributed by atoms with Crippen molar-refractivity contribution in [3.8, 4) is 0 Å². The molecule has 2 saturated carbocycles. The van der Waals surface area contributed by atoms with Crippen molar-refractivity contribution in [2.24, 2.45) is 11.8 Å². The second-order valence-corrected chi connectivity index (χ2v) is 5.58. The van der Waals surface area contributed by atoms with E-state index in [9.17, 15) is 0 Å². The van der Waals surface area contributed by atoms with Gasteiger partial charge in [0.25, 0.3) is 0 Å². The highest BCUT2D eigenvalue weighted by Gasteiger charge is 2.39. The molecule has 2 nitrogen and oxygen atoms in total. The molecule has 2 bridgehead atoms. The molecule has 0 amide bonds. The fourth-order valence-electron chi connectivity index (χ4n) is 3.10. The van der Waals surface area contributed by atoms with Gasteiger partial charge in [0.15, 0.2) is 0 Å². The van der Waals surface area contributed by atoms with Crippen LogP contribution in [0.15, 0.2) is 22.8 Å². The predicted molar refractivity (Wildman–Crippen MR) is 64.8 cm³/mol. The fourth-order valence-corrected chi connectivity index (χ4v) is 3.44. The quantitative estimate of drug-likeness (QED) is 0.830. The molecule has 0 spiro atoms. The molecule has 1 aromatic rings. The van der Waals surface area contributed by atoms with Gasteiger partial charge in [-0.05, 0) is 59.2 Å². The molecule has 1 N–H and O–H groups in total. The first-order chi connectivity index (χ1) is 7.31. The Kier molecular flexibility index (Phi) is 2.43. The average Bonchev–Trinajstić information content (AvgIpc) is 2.79. The standard InChI is InChI=1S/C12H15BrN2/c13-11-2-1-3-12(15-11)14-10-7-8-4-5-9(10)6-8/h1-3,8-10H,4-7H2,(H,14,15). The lowest BCUT2D eigenvalue weighted by molar-refractivity contribution is 0.439. The molecule has 2 aliphatic carbocycles. The molecule has 3 unspecified atom stereocenters. The molecule has 0 saturated heterocycles. The van der Waals surface area contributed by atoms with Gasteiger partial charge < -0.3 is 5.32 Å². The Bertz CT molecular complexity index is 366. The first kappa shape index (κ1) is 9.64. The normalized spacial score (nSPS) is 33.3. The predicted octanol–water partition coefficient (Wildman–Crippen LogP) is 3.44. The van der Waals surface area contributed by atoms with Crippen LogP contribution in [0.4, 0.5) is 5.82 Å². The SMILES string of the molecule is Brc1cccc(NC2CC3CCC2C3)n1. The Morgan fingerprint density at radius 2 is 2.20 bits per heavy atom. The fraction of sp³-hybridized carbons (Fsp3) is 0.583. The average molecular weight is 267 g/mol. The van der Waals surface area contributed by atoms with Gasteiger partial charge in [-0.3, -0.25) is 0 Å². The summed E-state index contributed by atoms with van der Waals surface area (Å²) in [6, 6.07) is 6.72. The van der Waals surface area contributed by atoms with Gasteiger partial charge in [0.2, 0.25) is 0 Å². The maximum absolute atomic E-state index is 4.43. The van der Waals surface area contributed by atoms with Gasteiger partial charge in [-0.15, -0.1) is 0 Å². The number of pyridine rings is 1. The zero-order valence-corrected chi connectivity index (χ0v) is 10.2. The summed E-state index contributed by atoms with van der Waals surface area (Å²) in [5.41, 5.74) is 0. The number of fused-ring (bicyclic) bond motifs is 2. The number of nitrogens with one attached hydrogen (secondary N) is 1. The first-order valence-electron chi connectivity index (χ1n) is 5.70. The molecule has 80 valence electrons. The highest BCUT2D eigenvalue weighted by Crippen LogP contribution is 2.45. The highest BCUT2D eigenvalue weighted by atomic mass is 79.9. The Labute approximate surface area is 98.6 Å². The van der Waals surface area contributed by atoms with Crippen LogP contribution < -0.4 is 5.32 Å². The highest BCUT2D eigenvalue weighted by molar-refractivity contribution is 9.10. The van der Waals surface area contributed by atoms with E-state index in [-0.39, 0.29) is 0 Å². The summed E-state index contributed by atoms with van der Waals surface area (Å²) in [4.78, 5) is 4.43. The minimum atomic E-state index is 0.672. The molecule has 3 rings (SSSR count). The van der Waals surface area contributed by atoms with Gasteiger partial charge >= 0.3 is 0 Å². The van der Waals surface area contributed by atoms with Crippen LogP contribution in [0.25, 0.3) is 0 Å². The second kappa shape index (κ2) is 3.78. The molecule has 3 heteroatoms. The van der Waals surface area contributed by atoms with Crippen molar-refractivity contribution in [2.75, 3.05) is 5.32 Å². The maximum atomic E-state index is 4.43. The molecule has 1 heterocycles. The molecule has 0 aliphatic heterocycles. The number of halogens is 1. The summed E-state index contributed by atoms with van der Waals surface area (Å²) < 4.78 is 0.913. The van der Waals surface area contributed by atoms with Gasteiger partial charge in [0.05, 0.1) is 0 Å². The largest absolute Gasteiger partial charge is 0.367 e. The second-order valence-electron chi connectivity index (χ2n) is 4.77. The van der Waals surface area contributed by atoms with E-state index >= 15 is 0 Å². The molecule has 2 aliphatic rings. The molecule has 0 radical (unpaired) electrons. The molecule has 1 aromatic heterocycles. The molecule has 15 heavy (non-hydrogen) atoms. The minimum Gasteiger partial charge on any atom is -0.367 e. The molecular weight excluding hydrogens is 252 g/mol. The van der Waals surface area contributed by atoms with Crippen molar-refractivity contribution >= 4 is 21.7 Å². The smallest absolute Gasteiger partial charge is 0.127 e. The third kappa shape index (κ3) is 1.89. The summed E-state index contributed by atoms with van der Waals surface area (Å²) >= 11 is 3.40. The third-order valence-electron chi connectivity index (χ3n) is 3.79. The van der Waals surface area contributed by atoms with E-state index in [1.807, 2.05) is 12.1 Å². The van der Waals surface area contributed by atoms with E-state index in [4.69, 9.17) is 0 Å². The number of rotatable bonds is 2. The Balaban J connectivity index is 1.71. The third-order valence-corrected chi connectivity index (χ3v) is 4.23.